The number of hydrogen-bond acceptors (Lipinski definition) is 3. The van der Waals surface area contributed by atoms with Crippen molar-refractivity contribution in [1.29, 1.82) is 0 Å². The molecule has 0 N–H and O–H groups in total. The Balaban J connectivity index is 0.00000242. The number of halogens is 1. The summed E-state index contributed by atoms with van der Waals surface area (Å²) in [6, 6.07) is 8.26. The molecular weight excluding hydrogens is 340 g/mol. The molecule has 1 aromatic rings. The highest BCUT2D eigenvalue weighted by molar-refractivity contribution is 8.93. The molecule has 124 valence electrons. The lowest BCUT2D eigenvalue weighted by Gasteiger charge is -2.23. The van der Waals surface area contributed by atoms with Gasteiger partial charge in [-0.2, -0.15) is 0 Å². The molecule has 0 atom stereocenters. The number of ether oxygens (including phenoxy) is 1. The highest BCUT2D eigenvalue weighted by atomic mass is 79.9. The highest BCUT2D eigenvalue weighted by Gasteiger charge is 2.16. The molecule has 1 heterocycles. The Morgan fingerprint density at radius 1 is 1.00 bits per heavy atom. The molecule has 0 amide bonds. The van der Waals surface area contributed by atoms with Crippen molar-refractivity contribution in [3.05, 3.63) is 36.7 Å². The maximum atomic E-state index is 5.72. The van der Waals surface area contributed by atoms with E-state index in [1.165, 1.54) is 32.1 Å². The van der Waals surface area contributed by atoms with Crippen molar-refractivity contribution in [2.24, 2.45) is 0 Å². The molecule has 1 aliphatic heterocycles. The van der Waals surface area contributed by atoms with Gasteiger partial charge < -0.3 is 14.5 Å². The van der Waals surface area contributed by atoms with Gasteiger partial charge in [-0.15, -0.1) is 17.0 Å². The van der Waals surface area contributed by atoms with Crippen molar-refractivity contribution in [3.63, 3.8) is 0 Å². The first-order valence-electron chi connectivity index (χ1n) is 8.26. The van der Waals surface area contributed by atoms with Gasteiger partial charge >= 0.3 is 0 Å². The average molecular weight is 369 g/mol. The number of nitrogens with zero attached hydrogens (tertiary/aromatic N) is 2. The van der Waals surface area contributed by atoms with Crippen LogP contribution in [0.5, 0.6) is 5.75 Å². The van der Waals surface area contributed by atoms with E-state index >= 15 is 0 Å². The van der Waals surface area contributed by atoms with E-state index in [1.807, 2.05) is 19.1 Å². The summed E-state index contributed by atoms with van der Waals surface area (Å²) in [5.74, 6) is 0.967. The second kappa shape index (κ2) is 10.5. The molecule has 22 heavy (non-hydrogen) atoms. The van der Waals surface area contributed by atoms with Gasteiger partial charge in [-0.25, -0.2) is 0 Å². The molecule has 0 saturated heterocycles. The zero-order chi connectivity index (χ0) is 14.9. The predicted octanol–water partition coefficient (Wildman–Crippen LogP) is 5.18. The zero-order valence-corrected chi connectivity index (χ0v) is 15.5. The van der Waals surface area contributed by atoms with Crippen LogP contribution in [0, 0.1) is 0 Å². The van der Waals surface area contributed by atoms with Crippen molar-refractivity contribution in [2.45, 2.75) is 46.0 Å². The Morgan fingerprint density at radius 2 is 1.77 bits per heavy atom. The minimum atomic E-state index is 0. The summed E-state index contributed by atoms with van der Waals surface area (Å²) in [5.41, 5.74) is 1.16. The monoisotopic (exact) mass is 368 g/mol. The summed E-state index contributed by atoms with van der Waals surface area (Å²) in [5, 5.41) is 0. The Labute approximate surface area is 145 Å². The zero-order valence-electron chi connectivity index (χ0n) is 13.8. The smallest absolute Gasteiger partial charge is 0.142 e. The van der Waals surface area contributed by atoms with E-state index in [0.717, 1.165) is 24.7 Å². The fourth-order valence-corrected chi connectivity index (χ4v) is 2.66. The van der Waals surface area contributed by atoms with Crippen molar-refractivity contribution in [2.75, 3.05) is 24.7 Å². The van der Waals surface area contributed by atoms with Crippen LogP contribution in [0.1, 0.15) is 46.0 Å². The standard InChI is InChI=1S/C18H28N2O.BrH/c1-3-5-6-7-10-13-19-14-15-20(16-19)17-11-8-9-12-18(17)21-4-2;/h8-9,11-12,14-15H,3-7,10,13,16H2,1-2H3;1H. The largest absolute Gasteiger partial charge is 0.492 e. The molecule has 0 aromatic heterocycles. The SMILES string of the molecule is Br.CCCCCCCN1C=CN(c2ccccc2OCC)C1. The van der Waals surface area contributed by atoms with E-state index in [9.17, 15) is 0 Å². The number of unbranched alkanes of at least 4 members (excludes halogenated alkanes) is 4. The third kappa shape index (κ3) is 5.56. The van der Waals surface area contributed by atoms with E-state index in [4.69, 9.17) is 4.74 Å². The van der Waals surface area contributed by atoms with E-state index in [-0.39, 0.29) is 17.0 Å². The fourth-order valence-electron chi connectivity index (χ4n) is 2.66. The van der Waals surface area contributed by atoms with Crippen LogP contribution < -0.4 is 9.64 Å². The molecular formula is C18H29BrN2O. The molecule has 0 bridgehead atoms. The van der Waals surface area contributed by atoms with Gasteiger partial charge in [0, 0.05) is 18.9 Å². The van der Waals surface area contributed by atoms with Crippen molar-refractivity contribution < 1.29 is 4.74 Å². The minimum Gasteiger partial charge on any atom is -0.492 e. The Kier molecular flexibility index (Phi) is 9.05. The van der Waals surface area contributed by atoms with Gasteiger partial charge in [-0.3, -0.25) is 0 Å². The Morgan fingerprint density at radius 3 is 2.55 bits per heavy atom. The van der Waals surface area contributed by atoms with Crippen molar-refractivity contribution in [3.8, 4) is 5.75 Å². The first-order valence-corrected chi connectivity index (χ1v) is 8.26. The van der Waals surface area contributed by atoms with Gasteiger partial charge in [0.25, 0.3) is 0 Å². The predicted molar refractivity (Wildman–Crippen MR) is 99.9 cm³/mol. The van der Waals surface area contributed by atoms with Gasteiger partial charge in [-0.05, 0) is 25.5 Å². The van der Waals surface area contributed by atoms with Crippen LogP contribution in [-0.2, 0) is 0 Å². The van der Waals surface area contributed by atoms with E-state index in [2.05, 4.69) is 41.3 Å². The van der Waals surface area contributed by atoms with Gasteiger partial charge in [0.2, 0.25) is 0 Å². The summed E-state index contributed by atoms with van der Waals surface area (Å²) in [6.07, 6.45) is 11.0. The van der Waals surface area contributed by atoms with Crippen LogP contribution in [0.2, 0.25) is 0 Å². The second-order valence-electron chi connectivity index (χ2n) is 5.54. The number of hydrogen-bond donors (Lipinski definition) is 0. The van der Waals surface area contributed by atoms with Crippen LogP contribution >= 0.6 is 17.0 Å². The molecule has 0 saturated carbocycles. The lowest BCUT2D eigenvalue weighted by Crippen LogP contribution is -2.26. The van der Waals surface area contributed by atoms with Crippen molar-refractivity contribution in [1.82, 2.24) is 4.90 Å². The fraction of sp³-hybridized carbons (Fsp3) is 0.556. The number of para-hydroxylation sites is 2. The molecule has 0 fully saturated rings. The lowest BCUT2D eigenvalue weighted by molar-refractivity contribution is 0.339. The highest BCUT2D eigenvalue weighted by Crippen LogP contribution is 2.30. The molecule has 1 aromatic carbocycles. The summed E-state index contributed by atoms with van der Waals surface area (Å²) >= 11 is 0. The van der Waals surface area contributed by atoms with E-state index < -0.39 is 0 Å². The quantitative estimate of drug-likeness (QED) is 0.558. The lowest BCUT2D eigenvalue weighted by atomic mass is 10.1. The summed E-state index contributed by atoms with van der Waals surface area (Å²) < 4.78 is 5.72. The van der Waals surface area contributed by atoms with Gasteiger partial charge in [-0.1, -0.05) is 44.7 Å². The van der Waals surface area contributed by atoms with Crippen LogP contribution in [0.4, 0.5) is 5.69 Å². The second-order valence-corrected chi connectivity index (χ2v) is 5.54. The summed E-state index contributed by atoms with van der Waals surface area (Å²) in [4.78, 5) is 4.64. The average Bonchev–Trinajstić information content (AvgIpc) is 2.97. The normalized spacial score (nSPS) is 13.4. The third-order valence-corrected chi connectivity index (χ3v) is 3.81. The molecule has 0 aliphatic carbocycles. The maximum absolute atomic E-state index is 5.72. The molecule has 0 spiro atoms. The van der Waals surface area contributed by atoms with Crippen LogP contribution in [-0.4, -0.2) is 24.7 Å². The van der Waals surface area contributed by atoms with Crippen LogP contribution in [0.15, 0.2) is 36.7 Å². The molecule has 3 nitrogen and oxygen atoms in total. The molecule has 0 unspecified atom stereocenters. The molecule has 4 heteroatoms. The summed E-state index contributed by atoms with van der Waals surface area (Å²) in [7, 11) is 0. The first-order chi connectivity index (χ1) is 10.3. The first kappa shape index (κ1) is 18.9. The van der Waals surface area contributed by atoms with E-state index in [1.54, 1.807) is 0 Å². The van der Waals surface area contributed by atoms with Crippen molar-refractivity contribution >= 4 is 22.7 Å². The van der Waals surface area contributed by atoms with Crippen LogP contribution in [0.25, 0.3) is 0 Å². The molecule has 1 aliphatic rings. The topological polar surface area (TPSA) is 15.7 Å². The third-order valence-electron chi connectivity index (χ3n) is 3.81. The molecule has 2 rings (SSSR count). The Bertz CT molecular complexity index is 450. The van der Waals surface area contributed by atoms with E-state index in [0.29, 0.717) is 6.61 Å². The number of benzene rings is 1. The minimum absolute atomic E-state index is 0. The van der Waals surface area contributed by atoms with Gasteiger partial charge in [0.1, 0.15) is 5.75 Å². The van der Waals surface area contributed by atoms with Gasteiger partial charge in [0.15, 0.2) is 0 Å². The summed E-state index contributed by atoms with van der Waals surface area (Å²) in [6.45, 7) is 7.07. The molecule has 0 radical (unpaired) electrons. The van der Waals surface area contributed by atoms with Gasteiger partial charge in [0.05, 0.1) is 19.0 Å². The number of rotatable bonds is 9. The van der Waals surface area contributed by atoms with Crippen LogP contribution in [0.3, 0.4) is 0 Å². The number of anilines is 1. The Hall–Kier alpha value is -1.16. The maximum Gasteiger partial charge on any atom is 0.142 e.